The topological polar surface area (TPSA) is 79.7 Å². The van der Waals surface area contributed by atoms with Gasteiger partial charge in [0.25, 0.3) is 0 Å². The Morgan fingerprint density at radius 2 is 2.20 bits per heavy atom. The Hall–Kier alpha value is -1.52. The first kappa shape index (κ1) is 10.0. The normalized spacial score (nSPS) is 14.9. The molecular formula is C10H17N5. The van der Waals surface area contributed by atoms with Crippen molar-refractivity contribution in [3.63, 3.8) is 0 Å². The molecule has 0 atom stereocenters. The molecule has 0 saturated heterocycles. The molecule has 0 amide bonds. The number of nitrogens with two attached hydrogens (primary N) is 1. The Bertz CT molecular complexity index is 410. The van der Waals surface area contributed by atoms with E-state index in [1.165, 1.54) is 10.2 Å². The van der Waals surface area contributed by atoms with Gasteiger partial charge >= 0.3 is 0 Å². The largest absolute Gasteiger partial charge is 0.369 e. The van der Waals surface area contributed by atoms with Gasteiger partial charge in [0.15, 0.2) is 0 Å². The third-order valence-electron chi connectivity index (χ3n) is 2.59. The summed E-state index contributed by atoms with van der Waals surface area (Å²) in [5.74, 6) is 0.864. The predicted octanol–water partition coefficient (Wildman–Crippen LogP) is 0.890. The lowest BCUT2D eigenvalue weighted by atomic mass is 9.89. The summed E-state index contributed by atoms with van der Waals surface area (Å²) in [6, 6.07) is 0. The highest BCUT2D eigenvalue weighted by molar-refractivity contribution is 5.81. The molecule has 1 aliphatic rings. The zero-order valence-corrected chi connectivity index (χ0v) is 9.39. The summed E-state index contributed by atoms with van der Waals surface area (Å²) < 4.78 is 1.49. The van der Waals surface area contributed by atoms with Crippen LogP contribution >= 0.6 is 0 Å². The lowest BCUT2D eigenvalue weighted by Gasteiger charge is -2.16. The van der Waals surface area contributed by atoms with Gasteiger partial charge in [-0.1, -0.05) is 20.8 Å². The first-order valence-electron chi connectivity index (χ1n) is 5.12. The summed E-state index contributed by atoms with van der Waals surface area (Å²) in [4.78, 5) is 0. The fourth-order valence-corrected chi connectivity index (χ4v) is 1.95. The molecule has 0 bridgehead atoms. The molecule has 0 fully saturated rings. The zero-order chi connectivity index (χ0) is 11.2. The zero-order valence-electron chi connectivity index (χ0n) is 9.39. The van der Waals surface area contributed by atoms with Crippen LogP contribution in [0.25, 0.3) is 0 Å². The van der Waals surface area contributed by atoms with Crippen LogP contribution in [-0.2, 0) is 11.8 Å². The minimum absolute atomic E-state index is 0.00317. The average Bonchev–Trinajstić information content (AvgIpc) is 2.57. The lowest BCUT2D eigenvalue weighted by Crippen LogP contribution is -2.24. The molecule has 0 spiro atoms. The molecule has 0 aromatic carbocycles. The van der Waals surface area contributed by atoms with Gasteiger partial charge in [-0.05, 0) is 6.42 Å². The van der Waals surface area contributed by atoms with Crippen LogP contribution in [0.1, 0.15) is 32.0 Å². The third kappa shape index (κ3) is 1.48. The van der Waals surface area contributed by atoms with Gasteiger partial charge in [0.2, 0.25) is 5.96 Å². The molecule has 5 nitrogen and oxygen atoms in total. The minimum Gasteiger partial charge on any atom is -0.369 e. The Kier molecular flexibility index (Phi) is 1.99. The highest BCUT2D eigenvalue weighted by atomic mass is 15.4. The van der Waals surface area contributed by atoms with Crippen LogP contribution in [0.15, 0.2) is 0 Å². The smallest absolute Gasteiger partial charge is 0.215 e. The molecule has 0 radical (unpaired) electrons. The van der Waals surface area contributed by atoms with Gasteiger partial charge in [-0.25, -0.2) is 0 Å². The predicted molar refractivity (Wildman–Crippen MR) is 60.4 cm³/mol. The first-order valence-corrected chi connectivity index (χ1v) is 5.12. The second kappa shape index (κ2) is 2.98. The van der Waals surface area contributed by atoms with Gasteiger partial charge in [0.1, 0.15) is 5.82 Å². The van der Waals surface area contributed by atoms with Crippen molar-refractivity contribution in [1.82, 2.24) is 9.78 Å². The van der Waals surface area contributed by atoms with Crippen LogP contribution in [-0.4, -0.2) is 22.3 Å². The lowest BCUT2D eigenvalue weighted by molar-refractivity contribution is 0.556. The number of nitrogens with one attached hydrogen (secondary N) is 2. The molecule has 0 saturated carbocycles. The van der Waals surface area contributed by atoms with Crippen molar-refractivity contribution >= 4 is 11.8 Å². The SMILES string of the molecule is CC(C)(C)c1nn(C(=N)N)c2c1CCN2. The molecule has 0 unspecified atom stereocenters. The Morgan fingerprint density at radius 3 is 2.73 bits per heavy atom. The number of aromatic nitrogens is 2. The number of nitrogens with zero attached hydrogens (tertiary/aromatic N) is 2. The van der Waals surface area contributed by atoms with Gasteiger partial charge in [0, 0.05) is 17.5 Å². The van der Waals surface area contributed by atoms with Crippen molar-refractivity contribution in [2.45, 2.75) is 32.6 Å². The van der Waals surface area contributed by atoms with Crippen LogP contribution in [0.4, 0.5) is 5.82 Å². The highest BCUT2D eigenvalue weighted by Crippen LogP contribution is 2.32. The molecule has 1 aliphatic heterocycles. The summed E-state index contributed by atoms with van der Waals surface area (Å²) in [6.45, 7) is 7.28. The highest BCUT2D eigenvalue weighted by Gasteiger charge is 2.29. The van der Waals surface area contributed by atoms with E-state index in [0.717, 1.165) is 24.5 Å². The number of fused-ring (bicyclic) bond motifs is 1. The summed E-state index contributed by atoms with van der Waals surface area (Å²) in [6.07, 6.45) is 0.967. The molecule has 5 heteroatoms. The maximum Gasteiger partial charge on any atom is 0.215 e. The summed E-state index contributed by atoms with van der Waals surface area (Å²) in [5, 5.41) is 15.1. The molecule has 2 rings (SSSR count). The maximum atomic E-state index is 7.46. The van der Waals surface area contributed by atoms with E-state index in [2.05, 4.69) is 31.2 Å². The molecule has 15 heavy (non-hydrogen) atoms. The van der Waals surface area contributed by atoms with Gasteiger partial charge in [-0.2, -0.15) is 9.78 Å². The summed E-state index contributed by atoms with van der Waals surface area (Å²) >= 11 is 0. The van der Waals surface area contributed by atoms with E-state index in [1.807, 2.05) is 0 Å². The van der Waals surface area contributed by atoms with E-state index in [9.17, 15) is 0 Å². The fourth-order valence-electron chi connectivity index (χ4n) is 1.95. The van der Waals surface area contributed by atoms with Crippen molar-refractivity contribution in [3.05, 3.63) is 11.3 Å². The van der Waals surface area contributed by atoms with Gasteiger partial charge in [-0.3, -0.25) is 5.41 Å². The molecule has 2 heterocycles. The monoisotopic (exact) mass is 207 g/mol. The van der Waals surface area contributed by atoms with Crippen LogP contribution in [0.3, 0.4) is 0 Å². The van der Waals surface area contributed by atoms with Crippen molar-refractivity contribution in [1.29, 1.82) is 5.41 Å². The van der Waals surface area contributed by atoms with Crippen molar-refractivity contribution < 1.29 is 0 Å². The number of hydrogen-bond acceptors (Lipinski definition) is 3. The average molecular weight is 207 g/mol. The summed E-state index contributed by atoms with van der Waals surface area (Å²) in [5.41, 5.74) is 7.73. The van der Waals surface area contributed by atoms with Crippen LogP contribution in [0.2, 0.25) is 0 Å². The van der Waals surface area contributed by atoms with Gasteiger partial charge in [0.05, 0.1) is 5.69 Å². The molecule has 0 aliphatic carbocycles. The van der Waals surface area contributed by atoms with E-state index in [1.54, 1.807) is 0 Å². The third-order valence-corrected chi connectivity index (χ3v) is 2.59. The van der Waals surface area contributed by atoms with E-state index in [0.29, 0.717) is 0 Å². The Labute approximate surface area is 89.2 Å². The summed E-state index contributed by atoms with van der Waals surface area (Å²) in [7, 11) is 0. The maximum absolute atomic E-state index is 7.46. The van der Waals surface area contributed by atoms with Crippen LogP contribution in [0, 0.1) is 5.41 Å². The van der Waals surface area contributed by atoms with Gasteiger partial charge in [-0.15, -0.1) is 0 Å². The molecular weight excluding hydrogens is 190 g/mol. The van der Waals surface area contributed by atoms with Gasteiger partial charge < -0.3 is 11.1 Å². The molecule has 4 N–H and O–H groups in total. The number of nitrogen functional groups attached to an aromatic ring is 1. The standard InChI is InChI=1S/C10H17N5/c1-10(2,3)7-6-4-5-13-8(6)15(14-7)9(11)12/h13H,4-5H2,1-3H3,(H3,11,12). The van der Waals surface area contributed by atoms with E-state index < -0.39 is 0 Å². The van der Waals surface area contributed by atoms with E-state index in [-0.39, 0.29) is 11.4 Å². The van der Waals surface area contributed by atoms with Crippen LogP contribution < -0.4 is 11.1 Å². The number of rotatable bonds is 0. The number of anilines is 1. The minimum atomic E-state index is -0.0313. The van der Waals surface area contributed by atoms with E-state index >= 15 is 0 Å². The molecule has 1 aromatic rings. The molecule has 1 aromatic heterocycles. The second-order valence-electron chi connectivity index (χ2n) is 4.90. The van der Waals surface area contributed by atoms with Crippen molar-refractivity contribution in [2.24, 2.45) is 5.73 Å². The Morgan fingerprint density at radius 1 is 1.53 bits per heavy atom. The van der Waals surface area contributed by atoms with Crippen molar-refractivity contribution in [2.75, 3.05) is 11.9 Å². The van der Waals surface area contributed by atoms with Crippen LogP contribution in [0.5, 0.6) is 0 Å². The van der Waals surface area contributed by atoms with E-state index in [4.69, 9.17) is 11.1 Å². The second-order valence-corrected chi connectivity index (χ2v) is 4.90. The van der Waals surface area contributed by atoms with Crippen molar-refractivity contribution in [3.8, 4) is 0 Å². The quantitative estimate of drug-likeness (QED) is 0.436. The first-order chi connectivity index (χ1) is 6.91. The number of hydrogen-bond donors (Lipinski definition) is 3. The molecule has 82 valence electrons. The fraction of sp³-hybridized carbons (Fsp3) is 0.600. The Balaban J connectivity index is 2.59.